The molecule has 13 heteroatoms. The third-order valence-electron chi connectivity index (χ3n) is 10.3. The van der Waals surface area contributed by atoms with Crippen LogP contribution in [0.3, 0.4) is 0 Å². The van der Waals surface area contributed by atoms with Crippen LogP contribution in [0, 0.1) is 11.8 Å². The Labute approximate surface area is 353 Å². The highest BCUT2D eigenvalue weighted by Gasteiger charge is 2.31. The Kier molecular flexibility index (Phi) is 18.6. The van der Waals surface area contributed by atoms with Crippen molar-refractivity contribution in [2.45, 2.75) is 104 Å². The number of fused-ring (bicyclic) bond motifs is 1. The molecule has 3 amide bonds. The predicted molar refractivity (Wildman–Crippen MR) is 235 cm³/mol. The van der Waals surface area contributed by atoms with E-state index in [0.717, 1.165) is 42.4 Å². The van der Waals surface area contributed by atoms with Crippen LogP contribution in [0.1, 0.15) is 101 Å². The van der Waals surface area contributed by atoms with Crippen molar-refractivity contribution in [2.75, 3.05) is 25.0 Å². The normalized spacial score (nSPS) is 13.8. The molecule has 0 fully saturated rings. The summed E-state index contributed by atoms with van der Waals surface area (Å²) in [5.41, 5.74) is 2.72. The van der Waals surface area contributed by atoms with Gasteiger partial charge in [0, 0.05) is 46.5 Å². The van der Waals surface area contributed by atoms with Gasteiger partial charge in [-0.05, 0) is 117 Å². The molecule has 0 aliphatic carbocycles. The quantitative estimate of drug-likeness (QED) is 0.0306. The average molecular weight is 829 g/mol. The van der Waals surface area contributed by atoms with Crippen molar-refractivity contribution in [2.24, 2.45) is 11.8 Å². The van der Waals surface area contributed by atoms with Gasteiger partial charge in [-0.2, -0.15) is 0 Å². The number of aliphatic hydroxyl groups is 1. The van der Waals surface area contributed by atoms with E-state index in [2.05, 4.69) is 31.6 Å². The van der Waals surface area contributed by atoms with Crippen molar-refractivity contribution in [3.8, 4) is 11.5 Å². The van der Waals surface area contributed by atoms with Crippen LogP contribution in [0.5, 0.6) is 11.5 Å². The summed E-state index contributed by atoms with van der Waals surface area (Å²) < 4.78 is 6.00. The minimum Gasteiger partial charge on any atom is -0.457 e. The molecule has 1 aromatic heterocycles. The maximum Gasteiger partial charge on any atom is 0.251 e. The number of hydrogen-bond acceptors (Lipinski definition) is 9. The first-order chi connectivity index (χ1) is 28.3. The number of aliphatic hydroxyl groups excluding tert-OH is 1. The Morgan fingerprint density at radius 3 is 2.14 bits per heavy atom. The maximum absolute atomic E-state index is 13.6. The van der Waals surface area contributed by atoms with Crippen LogP contribution in [-0.4, -0.2) is 77.5 Å². The zero-order valence-electron chi connectivity index (χ0n) is 35.1. The first-order valence-electron chi connectivity index (χ1n) is 20.8. The zero-order valence-corrected chi connectivity index (χ0v) is 35.9. The van der Waals surface area contributed by atoms with Gasteiger partial charge in [0.2, 0.25) is 11.8 Å². The van der Waals surface area contributed by atoms with E-state index in [4.69, 9.17) is 16.3 Å². The Hall–Kier alpha value is -5.04. The van der Waals surface area contributed by atoms with Gasteiger partial charge in [0.1, 0.15) is 17.5 Å². The van der Waals surface area contributed by atoms with Gasteiger partial charge in [0.05, 0.1) is 30.1 Å². The van der Waals surface area contributed by atoms with Crippen LogP contribution < -0.4 is 31.3 Å². The highest BCUT2D eigenvalue weighted by atomic mass is 35.5. The van der Waals surface area contributed by atoms with E-state index in [9.17, 15) is 24.3 Å². The number of benzene rings is 3. The minimum atomic E-state index is -1.08. The van der Waals surface area contributed by atoms with Gasteiger partial charge < -0.3 is 36.4 Å². The Bertz CT molecular complexity index is 1980. The lowest BCUT2D eigenvalue weighted by atomic mass is 9.94. The molecule has 0 radical (unpaired) electrons. The third kappa shape index (κ3) is 14.6. The van der Waals surface area contributed by atoms with Gasteiger partial charge in [-0.15, -0.1) is 0 Å². The van der Waals surface area contributed by atoms with Crippen molar-refractivity contribution in [3.63, 3.8) is 0 Å². The largest absolute Gasteiger partial charge is 0.457 e. The second-order valence-corrected chi connectivity index (χ2v) is 16.0. The summed E-state index contributed by atoms with van der Waals surface area (Å²) in [6.07, 6.45) is 4.24. The number of aromatic nitrogens is 1. The van der Waals surface area contributed by atoms with Crippen LogP contribution in [-0.2, 0) is 9.59 Å². The van der Waals surface area contributed by atoms with E-state index in [0.29, 0.717) is 53.6 Å². The number of halogens is 1. The molecule has 3 aromatic carbocycles. The number of nitrogens with zero attached hydrogens (tertiary/aromatic N) is 1. The highest BCUT2D eigenvalue weighted by Crippen LogP contribution is 2.25. The summed E-state index contributed by atoms with van der Waals surface area (Å²) in [6.45, 7) is 13.6. The number of hydrogen-bond donors (Lipinski definition) is 6. The van der Waals surface area contributed by atoms with Gasteiger partial charge >= 0.3 is 0 Å². The fraction of sp³-hybridized carbons (Fsp3) is 0.457. The average Bonchev–Trinajstić information content (AvgIpc) is 3.22. The number of carbonyl (C=O) groups is 4. The molecule has 0 unspecified atom stereocenters. The van der Waals surface area contributed by atoms with Crippen LogP contribution in [0.15, 0.2) is 79.0 Å². The number of carbonyl (C=O) groups excluding carboxylic acids is 4. The van der Waals surface area contributed by atoms with Crippen molar-refractivity contribution in [1.29, 1.82) is 0 Å². The van der Waals surface area contributed by atoms with Crippen molar-refractivity contribution < 1.29 is 29.0 Å². The topological polar surface area (TPSA) is 171 Å². The lowest BCUT2D eigenvalue weighted by Crippen LogP contribution is -2.55. The number of amides is 3. The number of unbranched alkanes of at least 4 members (excludes halogenated alkanes) is 1. The zero-order chi connectivity index (χ0) is 42.9. The molecule has 0 saturated carbocycles. The summed E-state index contributed by atoms with van der Waals surface area (Å²) >= 11 is 6.10. The Balaban J connectivity index is 1.26. The molecule has 0 aliphatic heterocycles. The molecule has 4 aromatic rings. The Morgan fingerprint density at radius 2 is 1.49 bits per heavy atom. The second-order valence-electron chi connectivity index (χ2n) is 15.5. The molecule has 12 nitrogen and oxygen atoms in total. The molecule has 6 N–H and O–H groups in total. The molecular formula is C46H61ClN6O6. The molecule has 0 aliphatic rings. The highest BCUT2D eigenvalue weighted by molar-refractivity contribution is 6.31. The molecule has 0 saturated heterocycles. The number of ketones is 1. The van der Waals surface area contributed by atoms with Crippen molar-refractivity contribution in [1.82, 2.24) is 26.3 Å². The van der Waals surface area contributed by atoms with Gasteiger partial charge in [-0.1, -0.05) is 59.1 Å². The number of nitrogens with one attached hydrogen (secondary N) is 5. The molecule has 59 heavy (non-hydrogen) atoms. The number of Topliss-reactive ketones (excluding diaryl/α,β-unsaturated/α-hetero) is 1. The van der Waals surface area contributed by atoms with Crippen LogP contribution in [0.2, 0.25) is 5.02 Å². The van der Waals surface area contributed by atoms with E-state index >= 15 is 0 Å². The summed E-state index contributed by atoms with van der Waals surface area (Å²) in [5.74, 6) is -0.166. The maximum atomic E-state index is 13.6. The lowest BCUT2D eigenvalue weighted by molar-refractivity contribution is -0.128. The van der Waals surface area contributed by atoms with Gasteiger partial charge in [-0.3, -0.25) is 24.2 Å². The smallest absolute Gasteiger partial charge is 0.251 e. The molecule has 4 rings (SSSR count). The Morgan fingerprint density at radius 1 is 0.814 bits per heavy atom. The first-order valence-corrected chi connectivity index (χ1v) is 21.2. The van der Waals surface area contributed by atoms with Gasteiger partial charge in [0.25, 0.3) is 5.91 Å². The van der Waals surface area contributed by atoms with Crippen molar-refractivity contribution in [3.05, 3.63) is 95.1 Å². The fourth-order valence-electron chi connectivity index (χ4n) is 6.57. The SMILES string of the molecule is CCCCNC(=O)C[C@H](O)[C@H](CC(C)C)NC(=O)[C@@H](NC(=O)c1ccc(Oc2ccc(C(=O)[C@H](C)NCCCNc3ccnc4cc(Cl)ccc34)cc2)cc1)[C@@H](C)CC. The third-order valence-corrected chi connectivity index (χ3v) is 10.5. The van der Waals surface area contributed by atoms with Crippen LogP contribution in [0.25, 0.3) is 10.9 Å². The molecule has 0 spiro atoms. The predicted octanol–water partition coefficient (Wildman–Crippen LogP) is 7.69. The fourth-order valence-corrected chi connectivity index (χ4v) is 6.74. The minimum absolute atomic E-state index is 0.0296. The van der Waals surface area contributed by atoms with E-state index in [-0.39, 0.29) is 36.0 Å². The van der Waals surface area contributed by atoms with E-state index in [1.165, 1.54) is 0 Å². The van der Waals surface area contributed by atoms with E-state index in [1.807, 2.05) is 65.8 Å². The number of rotatable bonds is 24. The second kappa shape index (κ2) is 23.5. The lowest BCUT2D eigenvalue weighted by Gasteiger charge is -2.30. The molecule has 318 valence electrons. The number of anilines is 1. The van der Waals surface area contributed by atoms with Crippen LogP contribution in [0.4, 0.5) is 5.69 Å². The summed E-state index contributed by atoms with van der Waals surface area (Å²) in [6, 6.07) is 19.2. The molecular weight excluding hydrogens is 768 g/mol. The molecule has 0 bridgehead atoms. The van der Waals surface area contributed by atoms with Crippen molar-refractivity contribution >= 4 is 51.7 Å². The summed E-state index contributed by atoms with van der Waals surface area (Å²) in [7, 11) is 0. The summed E-state index contributed by atoms with van der Waals surface area (Å²) in [4.78, 5) is 57.0. The van der Waals surface area contributed by atoms with Crippen LogP contribution >= 0.6 is 11.6 Å². The molecule has 1 heterocycles. The number of ether oxygens (including phenoxy) is 1. The van der Waals surface area contributed by atoms with E-state index in [1.54, 1.807) is 54.7 Å². The first kappa shape index (κ1) is 46.6. The monoisotopic (exact) mass is 828 g/mol. The van der Waals surface area contributed by atoms with E-state index < -0.39 is 30.0 Å². The van der Waals surface area contributed by atoms with Gasteiger partial charge in [-0.25, -0.2) is 0 Å². The number of pyridine rings is 1. The summed E-state index contributed by atoms with van der Waals surface area (Å²) in [5, 5.41) is 28.0. The van der Waals surface area contributed by atoms with Gasteiger partial charge in [0.15, 0.2) is 5.78 Å². The molecule has 5 atom stereocenters. The standard InChI is InChI=1S/C46H61ClN6O6/c1-7-9-22-51-42(55)28-41(54)40(26-29(3)4)52-46(58)43(30(5)8-2)53-45(57)33-13-18-36(19-14-33)59-35-16-11-32(12-17-35)44(56)31(6)48-23-10-24-49-38-21-25-50-39-27-34(47)15-20-37(38)39/h11-21,25,27,29-31,40-41,43,48,54H,7-10,22-24,26,28H2,1-6H3,(H,49,50)(H,51,55)(H,52,58)(H,53,57)/t30-,31-,40-,41-,43-/m0/s1.